The maximum absolute atomic E-state index is 12.3. The molecule has 2 amide bonds. The van der Waals surface area contributed by atoms with E-state index in [9.17, 15) is 13.2 Å². The highest BCUT2D eigenvalue weighted by atomic mass is 79.9. The average Bonchev–Trinajstić information content (AvgIpc) is 2.75. The molecule has 1 aromatic rings. The first-order valence-corrected chi connectivity index (χ1v) is 9.48. The van der Waals surface area contributed by atoms with Gasteiger partial charge in [-0.2, -0.15) is 0 Å². The Bertz CT molecular complexity index is 646. The van der Waals surface area contributed by atoms with E-state index in [2.05, 4.69) is 21.2 Å². The SMILES string of the molecule is CCN(C(=O)Nc1ccc(Br)c(C)c1)C1CCS(=O)(=O)C1. The van der Waals surface area contributed by atoms with Crippen molar-refractivity contribution in [3.8, 4) is 0 Å². The van der Waals surface area contributed by atoms with Crippen LogP contribution in [0.4, 0.5) is 10.5 Å². The highest BCUT2D eigenvalue weighted by Crippen LogP contribution is 2.22. The molecule has 1 fully saturated rings. The Morgan fingerprint density at radius 3 is 2.71 bits per heavy atom. The Kier molecular flexibility index (Phi) is 4.93. The Balaban J connectivity index is 2.08. The molecule has 0 radical (unpaired) electrons. The van der Waals surface area contributed by atoms with Gasteiger partial charge in [-0.1, -0.05) is 15.9 Å². The van der Waals surface area contributed by atoms with Gasteiger partial charge in [0.2, 0.25) is 0 Å². The normalized spacial score (nSPS) is 20.2. The van der Waals surface area contributed by atoms with Crippen molar-refractivity contribution in [1.29, 1.82) is 0 Å². The number of nitrogens with one attached hydrogen (secondary N) is 1. The topological polar surface area (TPSA) is 66.5 Å². The van der Waals surface area contributed by atoms with E-state index in [0.717, 1.165) is 10.0 Å². The molecule has 0 bridgehead atoms. The van der Waals surface area contributed by atoms with E-state index >= 15 is 0 Å². The monoisotopic (exact) mass is 374 g/mol. The number of anilines is 1. The Labute approximate surface area is 133 Å². The predicted molar refractivity (Wildman–Crippen MR) is 87.3 cm³/mol. The molecule has 1 aliphatic rings. The quantitative estimate of drug-likeness (QED) is 0.884. The van der Waals surface area contributed by atoms with Gasteiger partial charge in [0.05, 0.1) is 11.5 Å². The number of rotatable bonds is 3. The van der Waals surface area contributed by atoms with Crippen molar-refractivity contribution >= 4 is 37.5 Å². The van der Waals surface area contributed by atoms with Gasteiger partial charge in [-0.05, 0) is 44.0 Å². The molecule has 1 N–H and O–H groups in total. The lowest BCUT2D eigenvalue weighted by atomic mass is 10.2. The van der Waals surface area contributed by atoms with Crippen LogP contribution >= 0.6 is 15.9 Å². The van der Waals surface area contributed by atoms with Crippen LogP contribution in [0.15, 0.2) is 22.7 Å². The summed E-state index contributed by atoms with van der Waals surface area (Å²) in [6.07, 6.45) is 0.517. The standard InChI is InChI=1S/C14H19BrN2O3S/c1-3-17(12-6-7-21(19,20)9-12)14(18)16-11-4-5-13(15)10(2)8-11/h4-5,8,12H,3,6-7,9H2,1-2H3,(H,16,18). The number of nitrogens with zero attached hydrogens (tertiary/aromatic N) is 1. The Hall–Kier alpha value is -1.08. The second-order valence-electron chi connectivity index (χ2n) is 5.24. The van der Waals surface area contributed by atoms with Gasteiger partial charge in [0.15, 0.2) is 9.84 Å². The van der Waals surface area contributed by atoms with E-state index in [0.29, 0.717) is 18.7 Å². The summed E-state index contributed by atoms with van der Waals surface area (Å²) in [5.41, 5.74) is 1.74. The molecule has 0 aromatic heterocycles. The fourth-order valence-corrected chi connectivity index (χ4v) is 4.48. The maximum Gasteiger partial charge on any atom is 0.322 e. The number of halogens is 1. The summed E-state index contributed by atoms with van der Waals surface area (Å²) < 4.78 is 24.1. The molecule has 0 aliphatic carbocycles. The van der Waals surface area contributed by atoms with Crippen LogP contribution in [-0.2, 0) is 9.84 Å². The van der Waals surface area contributed by atoms with Gasteiger partial charge in [0.1, 0.15) is 0 Å². The first-order chi connectivity index (χ1) is 9.82. The van der Waals surface area contributed by atoms with Crippen LogP contribution in [0.1, 0.15) is 18.9 Å². The largest absolute Gasteiger partial charge is 0.322 e. The van der Waals surface area contributed by atoms with Crippen molar-refractivity contribution < 1.29 is 13.2 Å². The molecule has 0 saturated carbocycles. The molecule has 1 aromatic carbocycles. The second-order valence-corrected chi connectivity index (χ2v) is 8.32. The maximum atomic E-state index is 12.3. The number of sulfone groups is 1. The summed E-state index contributed by atoms with van der Waals surface area (Å²) >= 11 is 3.41. The summed E-state index contributed by atoms with van der Waals surface area (Å²) in [6, 6.07) is 5.09. The van der Waals surface area contributed by atoms with Gasteiger partial charge in [0.25, 0.3) is 0 Å². The van der Waals surface area contributed by atoms with Gasteiger partial charge < -0.3 is 10.2 Å². The van der Waals surface area contributed by atoms with Gasteiger partial charge in [-0.25, -0.2) is 13.2 Å². The van der Waals surface area contributed by atoms with Crippen LogP contribution in [0.25, 0.3) is 0 Å². The molecule has 21 heavy (non-hydrogen) atoms. The lowest BCUT2D eigenvalue weighted by molar-refractivity contribution is 0.197. The van der Waals surface area contributed by atoms with E-state index in [1.165, 1.54) is 0 Å². The van der Waals surface area contributed by atoms with Crippen molar-refractivity contribution in [2.45, 2.75) is 26.3 Å². The molecule has 1 heterocycles. The van der Waals surface area contributed by atoms with Crippen molar-refractivity contribution in [3.05, 3.63) is 28.2 Å². The van der Waals surface area contributed by atoms with E-state index < -0.39 is 9.84 Å². The van der Waals surface area contributed by atoms with Crippen LogP contribution in [0.3, 0.4) is 0 Å². The number of carbonyl (C=O) groups excluding carboxylic acids is 1. The van der Waals surface area contributed by atoms with Crippen LogP contribution < -0.4 is 5.32 Å². The zero-order valence-corrected chi connectivity index (χ0v) is 14.5. The van der Waals surface area contributed by atoms with E-state index in [4.69, 9.17) is 0 Å². The Morgan fingerprint density at radius 2 is 2.19 bits per heavy atom. The molecule has 1 unspecified atom stereocenters. The highest BCUT2D eigenvalue weighted by molar-refractivity contribution is 9.10. The average molecular weight is 375 g/mol. The van der Waals surface area contributed by atoms with Gasteiger partial charge in [-0.3, -0.25) is 0 Å². The molecule has 1 aliphatic heterocycles. The van der Waals surface area contributed by atoms with Gasteiger partial charge in [0, 0.05) is 22.7 Å². The van der Waals surface area contributed by atoms with Crippen LogP contribution in [0.2, 0.25) is 0 Å². The third-order valence-corrected chi connectivity index (χ3v) is 6.30. The minimum absolute atomic E-state index is 0.0631. The minimum Gasteiger partial charge on any atom is -0.321 e. The molecular weight excluding hydrogens is 356 g/mol. The van der Waals surface area contributed by atoms with Gasteiger partial charge >= 0.3 is 6.03 Å². The molecule has 1 atom stereocenters. The fourth-order valence-electron chi connectivity index (χ4n) is 2.51. The fraction of sp³-hybridized carbons (Fsp3) is 0.500. The number of amides is 2. The first kappa shape index (κ1) is 16.3. The third kappa shape index (κ3) is 3.97. The smallest absolute Gasteiger partial charge is 0.321 e. The molecule has 2 rings (SSSR count). The zero-order chi connectivity index (χ0) is 15.6. The Morgan fingerprint density at radius 1 is 1.48 bits per heavy atom. The summed E-state index contributed by atoms with van der Waals surface area (Å²) in [5, 5.41) is 2.84. The van der Waals surface area contributed by atoms with Crippen molar-refractivity contribution in [2.75, 3.05) is 23.4 Å². The minimum atomic E-state index is -3.00. The molecule has 5 nitrogen and oxygen atoms in total. The van der Waals surface area contributed by atoms with Crippen LogP contribution in [-0.4, -0.2) is 43.4 Å². The van der Waals surface area contributed by atoms with Crippen molar-refractivity contribution in [1.82, 2.24) is 4.90 Å². The number of hydrogen-bond donors (Lipinski definition) is 1. The molecular formula is C14H19BrN2O3S. The van der Waals surface area contributed by atoms with E-state index in [-0.39, 0.29) is 23.6 Å². The predicted octanol–water partition coefficient (Wildman–Crippen LogP) is 2.80. The molecule has 1 saturated heterocycles. The zero-order valence-electron chi connectivity index (χ0n) is 12.1. The van der Waals surface area contributed by atoms with Crippen molar-refractivity contribution in [3.63, 3.8) is 0 Å². The lowest BCUT2D eigenvalue weighted by Gasteiger charge is -2.27. The van der Waals surface area contributed by atoms with Crippen LogP contribution in [0.5, 0.6) is 0 Å². The summed E-state index contributed by atoms with van der Waals surface area (Å²) in [5.74, 6) is 0.229. The number of hydrogen-bond acceptors (Lipinski definition) is 3. The third-order valence-electron chi connectivity index (χ3n) is 3.66. The number of urea groups is 1. The number of carbonyl (C=O) groups is 1. The highest BCUT2D eigenvalue weighted by Gasteiger charge is 2.33. The molecule has 116 valence electrons. The molecule has 0 spiro atoms. The van der Waals surface area contributed by atoms with Crippen molar-refractivity contribution in [2.24, 2.45) is 0 Å². The van der Waals surface area contributed by atoms with Gasteiger partial charge in [-0.15, -0.1) is 0 Å². The summed E-state index contributed by atoms with van der Waals surface area (Å²) in [7, 11) is -3.00. The lowest BCUT2D eigenvalue weighted by Crippen LogP contribution is -2.43. The number of benzene rings is 1. The summed E-state index contributed by atoms with van der Waals surface area (Å²) in [4.78, 5) is 13.9. The molecule has 7 heteroatoms. The van der Waals surface area contributed by atoms with E-state index in [1.54, 1.807) is 4.90 Å². The first-order valence-electron chi connectivity index (χ1n) is 6.86. The number of aryl methyl sites for hydroxylation is 1. The van der Waals surface area contributed by atoms with Crippen LogP contribution in [0, 0.1) is 6.92 Å². The summed E-state index contributed by atoms with van der Waals surface area (Å²) in [6.45, 7) is 4.29. The van der Waals surface area contributed by atoms with E-state index in [1.807, 2.05) is 32.0 Å². The second kappa shape index (κ2) is 6.36.